The summed E-state index contributed by atoms with van der Waals surface area (Å²) in [7, 11) is 1.43. The van der Waals surface area contributed by atoms with Crippen molar-refractivity contribution < 1.29 is 9.53 Å². The van der Waals surface area contributed by atoms with Crippen LogP contribution in [0.25, 0.3) is 0 Å². The third-order valence-electron chi connectivity index (χ3n) is 3.84. The minimum Gasteiger partial charge on any atom is -0.469 e. The molecule has 4 nitrogen and oxygen atoms in total. The van der Waals surface area contributed by atoms with Crippen LogP contribution in [0, 0.1) is 5.92 Å². The number of aromatic nitrogens is 1. The van der Waals surface area contributed by atoms with E-state index in [1.165, 1.54) is 12.7 Å². The van der Waals surface area contributed by atoms with Crippen molar-refractivity contribution in [1.82, 2.24) is 9.88 Å². The van der Waals surface area contributed by atoms with Crippen LogP contribution in [0.15, 0.2) is 29.6 Å². The molecule has 0 aliphatic carbocycles. The Morgan fingerprint density at radius 3 is 2.71 bits per heavy atom. The Bertz CT molecular complexity index is 657. The predicted molar refractivity (Wildman–Crippen MR) is 98.5 cm³/mol. The molecule has 1 heterocycles. The Labute approximate surface area is 152 Å². The number of methoxy groups -OCH3 is 1. The second-order valence-electron chi connectivity index (χ2n) is 5.79. The van der Waals surface area contributed by atoms with Gasteiger partial charge in [0.1, 0.15) is 0 Å². The Morgan fingerprint density at radius 1 is 1.38 bits per heavy atom. The number of benzene rings is 1. The number of hydrogen-bond donors (Lipinski definition) is 0. The highest BCUT2D eigenvalue weighted by Gasteiger charge is 2.17. The van der Waals surface area contributed by atoms with E-state index in [9.17, 15) is 4.79 Å². The second kappa shape index (κ2) is 9.16. The van der Waals surface area contributed by atoms with E-state index < -0.39 is 0 Å². The van der Waals surface area contributed by atoms with Crippen LogP contribution in [-0.4, -0.2) is 36.1 Å². The van der Waals surface area contributed by atoms with E-state index >= 15 is 0 Å². The van der Waals surface area contributed by atoms with Crippen molar-refractivity contribution >= 4 is 28.9 Å². The number of halogens is 1. The van der Waals surface area contributed by atoms with Gasteiger partial charge in [-0.3, -0.25) is 9.69 Å². The van der Waals surface area contributed by atoms with Gasteiger partial charge in [0, 0.05) is 29.9 Å². The molecule has 0 saturated heterocycles. The van der Waals surface area contributed by atoms with Crippen LogP contribution in [0.2, 0.25) is 5.02 Å². The molecule has 130 valence electrons. The van der Waals surface area contributed by atoms with Gasteiger partial charge in [0.25, 0.3) is 0 Å². The number of rotatable bonds is 8. The molecule has 0 amide bonds. The van der Waals surface area contributed by atoms with E-state index in [0.717, 1.165) is 35.2 Å². The molecule has 0 aliphatic heterocycles. The zero-order valence-electron chi connectivity index (χ0n) is 14.3. The van der Waals surface area contributed by atoms with E-state index in [0.29, 0.717) is 6.54 Å². The number of hydrogen-bond acceptors (Lipinski definition) is 5. The number of thiazole rings is 1. The van der Waals surface area contributed by atoms with Gasteiger partial charge < -0.3 is 4.74 Å². The van der Waals surface area contributed by atoms with E-state index in [1.807, 2.05) is 31.2 Å². The average Bonchev–Trinajstić information content (AvgIpc) is 3.02. The molecular formula is C18H23ClN2O2S. The van der Waals surface area contributed by atoms with Gasteiger partial charge in [-0.2, -0.15) is 0 Å². The van der Waals surface area contributed by atoms with Crippen LogP contribution >= 0.6 is 22.9 Å². The SMILES string of the molecule is CCN(Cc1csc(Cc2ccc(Cl)cc2)n1)CC(C)C(=O)OC. The molecular weight excluding hydrogens is 344 g/mol. The smallest absolute Gasteiger partial charge is 0.309 e. The van der Waals surface area contributed by atoms with E-state index in [4.69, 9.17) is 21.3 Å². The largest absolute Gasteiger partial charge is 0.469 e. The zero-order valence-corrected chi connectivity index (χ0v) is 15.9. The zero-order chi connectivity index (χ0) is 17.5. The Morgan fingerprint density at radius 2 is 2.08 bits per heavy atom. The molecule has 1 unspecified atom stereocenters. The Balaban J connectivity index is 1.94. The minimum atomic E-state index is -0.171. The number of carbonyl (C=O) groups is 1. The molecule has 24 heavy (non-hydrogen) atoms. The quantitative estimate of drug-likeness (QED) is 0.662. The first kappa shape index (κ1) is 18.9. The Kier molecular flexibility index (Phi) is 7.21. The molecule has 0 radical (unpaired) electrons. The average molecular weight is 367 g/mol. The predicted octanol–water partition coefficient (Wildman–Crippen LogP) is 4.02. The van der Waals surface area contributed by atoms with Crippen LogP contribution in [-0.2, 0) is 22.5 Å². The molecule has 0 bridgehead atoms. The lowest BCUT2D eigenvalue weighted by Gasteiger charge is -2.22. The number of esters is 1. The second-order valence-corrected chi connectivity index (χ2v) is 7.17. The van der Waals surface area contributed by atoms with Gasteiger partial charge in [-0.25, -0.2) is 4.98 Å². The maximum Gasteiger partial charge on any atom is 0.309 e. The lowest BCUT2D eigenvalue weighted by Crippen LogP contribution is -2.32. The maximum absolute atomic E-state index is 11.6. The van der Waals surface area contributed by atoms with Crippen LogP contribution in [0.1, 0.15) is 30.1 Å². The van der Waals surface area contributed by atoms with Crippen LogP contribution < -0.4 is 0 Å². The first-order valence-corrected chi connectivity index (χ1v) is 9.25. The summed E-state index contributed by atoms with van der Waals surface area (Å²) >= 11 is 7.58. The summed E-state index contributed by atoms with van der Waals surface area (Å²) in [5, 5.41) is 3.93. The molecule has 0 aliphatic rings. The van der Waals surface area contributed by atoms with Gasteiger partial charge in [-0.05, 0) is 24.2 Å². The number of carbonyl (C=O) groups excluding carboxylic acids is 1. The number of nitrogens with zero attached hydrogens (tertiary/aromatic N) is 2. The van der Waals surface area contributed by atoms with E-state index in [1.54, 1.807) is 11.3 Å². The fourth-order valence-corrected chi connectivity index (χ4v) is 3.42. The monoisotopic (exact) mass is 366 g/mol. The van der Waals surface area contributed by atoms with Crippen molar-refractivity contribution in [3.63, 3.8) is 0 Å². The van der Waals surface area contributed by atoms with Gasteiger partial charge >= 0.3 is 5.97 Å². The molecule has 0 fully saturated rings. The van der Waals surface area contributed by atoms with Gasteiger partial charge in [-0.1, -0.05) is 37.6 Å². The van der Waals surface area contributed by atoms with Crippen LogP contribution in [0.3, 0.4) is 0 Å². The molecule has 1 aromatic heterocycles. The van der Waals surface area contributed by atoms with Crippen molar-refractivity contribution in [2.75, 3.05) is 20.2 Å². The van der Waals surface area contributed by atoms with Crippen molar-refractivity contribution in [1.29, 1.82) is 0 Å². The highest BCUT2D eigenvalue weighted by Crippen LogP contribution is 2.18. The lowest BCUT2D eigenvalue weighted by molar-refractivity contribution is -0.145. The highest BCUT2D eigenvalue weighted by atomic mass is 35.5. The van der Waals surface area contributed by atoms with Crippen molar-refractivity contribution in [3.05, 3.63) is 50.9 Å². The van der Waals surface area contributed by atoms with Gasteiger partial charge in [0.15, 0.2) is 0 Å². The summed E-state index contributed by atoms with van der Waals surface area (Å²) < 4.78 is 4.80. The van der Waals surface area contributed by atoms with E-state index in [-0.39, 0.29) is 11.9 Å². The van der Waals surface area contributed by atoms with Gasteiger partial charge in [-0.15, -0.1) is 11.3 Å². The van der Waals surface area contributed by atoms with Gasteiger partial charge in [0.2, 0.25) is 0 Å². The molecule has 2 rings (SSSR count). The number of ether oxygens (including phenoxy) is 1. The summed E-state index contributed by atoms with van der Waals surface area (Å²) in [5.41, 5.74) is 2.25. The molecule has 1 aromatic carbocycles. The molecule has 0 spiro atoms. The first-order valence-electron chi connectivity index (χ1n) is 7.99. The van der Waals surface area contributed by atoms with E-state index in [2.05, 4.69) is 17.2 Å². The van der Waals surface area contributed by atoms with Crippen LogP contribution in [0.4, 0.5) is 0 Å². The molecule has 1 atom stereocenters. The van der Waals surface area contributed by atoms with Crippen molar-refractivity contribution in [3.8, 4) is 0 Å². The van der Waals surface area contributed by atoms with Crippen molar-refractivity contribution in [2.45, 2.75) is 26.8 Å². The topological polar surface area (TPSA) is 42.4 Å². The minimum absolute atomic E-state index is 0.137. The third kappa shape index (κ3) is 5.58. The Hall–Kier alpha value is -1.43. The maximum atomic E-state index is 11.6. The fraction of sp³-hybridized carbons (Fsp3) is 0.444. The van der Waals surface area contributed by atoms with Gasteiger partial charge in [0.05, 0.1) is 23.7 Å². The lowest BCUT2D eigenvalue weighted by atomic mass is 10.1. The highest BCUT2D eigenvalue weighted by molar-refractivity contribution is 7.09. The molecule has 0 saturated carbocycles. The standard InChI is InChI=1S/C18H23ClN2O2S/c1-4-21(10-13(2)18(22)23-3)11-16-12-24-17(20-16)9-14-5-7-15(19)8-6-14/h5-8,12-13H,4,9-11H2,1-3H3. The summed E-state index contributed by atoms with van der Waals surface area (Å²) in [6.45, 7) is 6.26. The molecule has 0 N–H and O–H groups in total. The normalized spacial score (nSPS) is 12.4. The first-order chi connectivity index (χ1) is 11.5. The molecule has 2 aromatic rings. The summed E-state index contributed by atoms with van der Waals surface area (Å²) in [6, 6.07) is 7.86. The fourth-order valence-electron chi connectivity index (χ4n) is 2.48. The summed E-state index contributed by atoms with van der Waals surface area (Å²) in [6.07, 6.45) is 0.812. The summed E-state index contributed by atoms with van der Waals surface area (Å²) in [4.78, 5) is 18.5. The molecule has 6 heteroatoms. The summed E-state index contributed by atoms with van der Waals surface area (Å²) in [5.74, 6) is -0.308. The third-order valence-corrected chi connectivity index (χ3v) is 4.99. The van der Waals surface area contributed by atoms with Crippen LogP contribution in [0.5, 0.6) is 0 Å². The van der Waals surface area contributed by atoms with Crippen molar-refractivity contribution in [2.24, 2.45) is 5.92 Å².